The first-order chi connectivity index (χ1) is 10.0. The maximum atomic E-state index is 11.7. The number of carbonyl (C=O) groups is 1. The molecule has 1 saturated carbocycles. The van der Waals surface area contributed by atoms with Crippen LogP contribution in [0.1, 0.15) is 32.6 Å². The molecule has 3 nitrogen and oxygen atoms in total. The Kier molecular flexibility index (Phi) is 6.14. The number of aliphatic hydroxyl groups is 1. The molecule has 0 amide bonds. The van der Waals surface area contributed by atoms with E-state index in [1.807, 2.05) is 31.2 Å². The minimum atomic E-state index is -0.678. The molecule has 0 aliphatic heterocycles. The van der Waals surface area contributed by atoms with Crippen LogP contribution >= 0.6 is 27.7 Å². The van der Waals surface area contributed by atoms with Crippen molar-refractivity contribution in [3.8, 4) is 0 Å². The van der Waals surface area contributed by atoms with Gasteiger partial charge in [-0.3, -0.25) is 4.79 Å². The second-order valence-electron chi connectivity index (χ2n) is 5.47. The normalized spacial score (nSPS) is 25.6. The average Bonchev–Trinajstić information content (AvgIpc) is 2.47. The van der Waals surface area contributed by atoms with Gasteiger partial charge in [0.15, 0.2) is 0 Å². The molecule has 1 N–H and O–H groups in total. The maximum Gasteiger partial charge on any atom is 0.308 e. The standard InChI is InChI=1S/C16H21BrO3S/c1-2-20-15(18)12-7-9-16(19,10-8-12)11-21-14-6-4-3-5-13(14)17/h3-6,12,19H,2,7-11H2,1H3. The lowest BCUT2D eigenvalue weighted by Crippen LogP contribution is -2.38. The lowest BCUT2D eigenvalue weighted by atomic mass is 9.80. The zero-order valence-corrected chi connectivity index (χ0v) is 14.6. The fourth-order valence-electron chi connectivity index (χ4n) is 2.57. The Bertz CT molecular complexity index is 484. The highest BCUT2D eigenvalue weighted by Gasteiger charge is 2.36. The van der Waals surface area contributed by atoms with Crippen molar-refractivity contribution >= 4 is 33.7 Å². The van der Waals surface area contributed by atoms with Gasteiger partial charge in [-0.05, 0) is 60.7 Å². The molecule has 0 aromatic heterocycles. The van der Waals surface area contributed by atoms with E-state index in [0.717, 1.165) is 9.37 Å². The molecule has 1 aliphatic rings. The smallest absolute Gasteiger partial charge is 0.308 e. The van der Waals surface area contributed by atoms with E-state index in [1.165, 1.54) is 0 Å². The van der Waals surface area contributed by atoms with Crippen molar-refractivity contribution in [2.24, 2.45) is 5.92 Å². The summed E-state index contributed by atoms with van der Waals surface area (Å²) < 4.78 is 6.12. The quantitative estimate of drug-likeness (QED) is 0.626. The first-order valence-electron chi connectivity index (χ1n) is 7.30. The molecule has 0 saturated heterocycles. The Morgan fingerprint density at radius 3 is 2.71 bits per heavy atom. The Morgan fingerprint density at radius 1 is 1.43 bits per heavy atom. The average molecular weight is 373 g/mol. The van der Waals surface area contributed by atoms with Crippen LogP contribution in [-0.4, -0.2) is 29.0 Å². The highest BCUT2D eigenvalue weighted by Crippen LogP contribution is 2.38. The molecule has 1 aliphatic carbocycles. The van der Waals surface area contributed by atoms with Crippen molar-refractivity contribution < 1.29 is 14.6 Å². The fraction of sp³-hybridized carbons (Fsp3) is 0.562. The Labute approximate surface area is 138 Å². The number of ether oxygens (including phenoxy) is 1. The molecule has 0 atom stereocenters. The van der Waals surface area contributed by atoms with Crippen LogP contribution in [0.25, 0.3) is 0 Å². The van der Waals surface area contributed by atoms with Gasteiger partial charge >= 0.3 is 5.97 Å². The van der Waals surface area contributed by atoms with Crippen molar-refractivity contribution in [2.45, 2.75) is 43.1 Å². The van der Waals surface area contributed by atoms with Gasteiger partial charge in [-0.15, -0.1) is 11.8 Å². The summed E-state index contributed by atoms with van der Waals surface area (Å²) in [7, 11) is 0. The van der Waals surface area contributed by atoms with Crippen molar-refractivity contribution in [1.82, 2.24) is 0 Å². The maximum absolute atomic E-state index is 11.7. The SMILES string of the molecule is CCOC(=O)C1CCC(O)(CSc2ccccc2Br)CC1. The third-order valence-corrected chi connectivity index (χ3v) is 6.17. The van der Waals surface area contributed by atoms with E-state index in [9.17, 15) is 9.90 Å². The topological polar surface area (TPSA) is 46.5 Å². The van der Waals surface area contributed by atoms with Gasteiger partial charge in [-0.2, -0.15) is 0 Å². The van der Waals surface area contributed by atoms with Crippen molar-refractivity contribution in [3.63, 3.8) is 0 Å². The van der Waals surface area contributed by atoms with Crippen LogP contribution in [0.5, 0.6) is 0 Å². The molecule has 116 valence electrons. The van der Waals surface area contributed by atoms with Crippen molar-refractivity contribution in [2.75, 3.05) is 12.4 Å². The number of halogens is 1. The van der Waals surface area contributed by atoms with Crippen LogP contribution in [0.3, 0.4) is 0 Å². The van der Waals surface area contributed by atoms with Crippen LogP contribution < -0.4 is 0 Å². The van der Waals surface area contributed by atoms with E-state index in [0.29, 0.717) is 38.0 Å². The zero-order chi connectivity index (χ0) is 15.3. The second-order valence-corrected chi connectivity index (χ2v) is 7.34. The molecule has 1 aromatic carbocycles. The predicted octanol–water partition coefficient (Wildman–Crippen LogP) is 4.03. The number of carbonyl (C=O) groups excluding carboxylic acids is 1. The van der Waals surface area contributed by atoms with E-state index in [4.69, 9.17) is 4.74 Å². The van der Waals surface area contributed by atoms with Gasteiger partial charge in [0.2, 0.25) is 0 Å². The molecule has 1 aromatic rings. The summed E-state index contributed by atoms with van der Waals surface area (Å²) in [4.78, 5) is 12.9. The molecular weight excluding hydrogens is 352 g/mol. The van der Waals surface area contributed by atoms with E-state index in [1.54, 1.807) is 11.8 Å². The second kappa shape index (κ2) is 7.65. The minimum absolute atomic E-state index is 0.0429. The molecule has 1 fully saturated rings. The van der Waals surface area contributed by atoms with E-state index in [2.05, 4.69) is 15.9 Å². The molecule has 0 radical (unpaired) electrons. The number of thioether (sulfide) groups is 1. The molecule has 2 rings (SSSR count). The molecule has 0 spiro atoms. The summed E-state index contributed by atoms with van der Waals surface area (Å²) in [5, 5.41) is 10.7. The third kappa shape index (κ3) is 4.73. The number of esters is 1. The van der Waals surface area contributed by atoms with Gasteiger partial charge in [0.25, 0.3) is 0 Å². The van der Waals surface area contributed by atoms with Crippen LogP contribution in [0.15, 0.2) is 33.6 Å². The van der Waals surface area contributed by atoms with E-state index in [-0.39, 0.29) is 11.9 Å². The summed E-state index contributed by atoms with van der Waals surface area (Å²) in [6.45, 7) is 2.25. The largest absolute Gasteiger partial charge is 0.466 e. The van der Waals surface area contributed by atoms with E-state index >= 15 is 0 Å². The van der Waals surface area contributed by atoms with Crippen LogP contribution in [-0.2, 0) is 9.53 Å². The fourth-order valence-corrected chi connectivity index (χ4v) is 4.29. The molecule has 21 heavy (non-hydrogen) atoms. The zero-order valence-electron chi connectivity index (χ0n) is 12.2. The molecule has 0 bridgehead atoms. The molecule has 0 heterocycles. The van der Waals surface area contributed by atoms with Gasteiger partial charge in [0.05, 0.1) is 18.1 Å². The first-order valence-corrected chi connectivity index (χ1v) is 9.08. The Morgan fingerprint density at radius 2 is 2.10 bits per heavy atom. The van der Waals surface area contributed by atoms with Gasteiger partial charge in [0.1, 0.15) is 0 Å². The summed E-state index contributed by atoms with van der Waals surface area (Å²) in [6.07, 6.45) is 2.75. The molecule has 5 heteroatoms. The number of hydrogen-bond donors (Lipinski definition) is 1. The molecule has 0 unspecified atom stereocenters. The summed E-state index contributed by atoms with van der Waals surface area (Å²) in [5.74, 6) is 0.502. The van der Waals surface area contributed by atoms with Gasteiger partial charge < -0.3 is 9.84 Å². The molecular formula is C16H21BrO3S. The van der Waals surface area contributed by atoms with Crippen LogP contribution in [0.2, 0.25) is 0 Å². The summed E-state index contributed by atoms with van der Waals surface area (Å²) >= 11 is 5.18. The van der Waals surface area contributed by atoms with Crippen molar-refractivity contribution in [1.29, 1.82) is 0 Å². The summed E-state index contributed by atoms with van der Waals surface area (Å²) in [5.41, 5.74) is -0.678. The van der Waals surface area contributed by atoms with Gasteiger partial charge in [0, 0.05) is 15.1 Å². The number of hydrogen-bond acceptors (Lipinski definition) is 4. The first kappa shape index (κ1) is 16.8. The van der Waals surface area contributed by atoms with Crippen LogP contribution in [0, 0.1) is 5.92 Å². The highest BCUT2D eigenvalue weighted by atomic mass is 79.9. The van der Waals surface area contributed by atoms with Crippen LogP contribution in [0.4, 0.5) is 0 Å². The van der Waals surface area contributed by atoms with Gasteiger partial charge in [-0.25, -0.2) is 0 Å². The monoisotopic (exact) mass is 372 g/mol. The number of rotatable bonds is 5. The van der Waals surface area contributed by atoms with Gasteiger partial charge in [-0.1, -0.05) is 12.1 Å². The predicted molar refractivity (Wildman–Crippen MR) is 88.4 cm³/mol. The van der Waals surface area contributed by atoms with Crippen molar-refractivity contribution in [3.05, 3.63) is 28.7 Å². The number of benzene rings is 1. The Balaban J connectivity index is 1.85. The van der Waals surface area contributed by atoms with E-state index < -0.39 is 5.60 Å². The third-order valence-electron chi connectivity index (χ3n) is 3.87. The lowest BCUT2D eigenvalue weighted by Gasteiger charge is -2.35. The lowest BCUT2D eigenvalue weighted by molar-refractivity contribution is -0.150. The Hall–Kier alpha value is -0.520. The summed E-state index contributed by atoms with van der Waals surface area (Å²) in [6, 6.07) is 8.02. The highest BCUT2D eigenvalue weighted by molar-refractivity contribution is 9.10. The minimum Gasteiger partial charge on any atom is -0.466 e.